The molecule has 1 aromatic rings. The number of esters is 1. The third kappa shape index (κ3) is 3.20. The summed E-state index contributed by atoms with van der Waals surface area (Å²) in [5, 5.41) is 4.86. The molecule has 1 aromatic heterocycles. The van der Waals surface area contributed by atoms with Gasteiger partial charge in [-0.2, -0.15) is 5.10 Å². The van der Waals surface area contributed by atoms with Crippen molar-refractivity contribution in [1.82, 2.24) is 9.78 Å². The smallest absolute Gasteiger partial charge is 0.325 e. The van der Waals surface area contributed by atoms with E-state index < -0.39 is 11.5 Å². The molecule has 0 aliphatic rings. The van der Waals surface area contributed by atoms with E-state index >= 15 is 0 Å². The number of halogens is 1. The average molecular weight is 260 g/mol. The molecule has 0 amide bonds. The Kier molecular flexibility index (Phi) is 4.16. The van der Waals surface area contributed by atoms with Gasteiger partial charge >= 0.3 is 5.97 Å². The quantitative estimate of drug-likeness (QED) is 0.836. The summed E-state index contributed by atoms with van der Waals surface area (Å²) in [5.41, 5.74) is 5.64. The van der Waals surface area contributed by atoms with Crippen molar-refractivity contribution in [2.45, 2.75) is 38.8 Å². The lowest BCUT2D eigenvalue weighted by Crippen LogP contribution is -2.47. The van der Waals surface area contributed by atoms with Gasteiger partial charge in [-0.25, -0.2) is 0 Å². The van der Waals surface area contributed by atoms with Crippen LogP contribution < -0.4 is 5.73 Å². The molecule has 1 heterocycles. The lowest BCUT2D eigenvalue weighted by Gasteiger charge is -2.25. The Balaban J connectivity index is 2.78. The van der Waals surface area contributed by atoms with Gasteiger partial charge in [-0.3, -0.25) is 9.48 Å². The molecule has 0 spiro atoms. The molecule has 0 aliphatic heterocycles. The van der Waals surface area contributed by atoms with Crippen molar-refractivity contribution < 1.29 is 9.53 Å². The van der Waals surface area contributed by atoms with Crippen molar-refractivity contribution in [2.75, 3.05) is 7.11 Å². The number of methoxy groups -OCH3 is 1. The van der Waals surface area contributed by atoms with Crippen LogP contribution in [0.2, 0.25) is 5.02 Å². The molecule has 6 heteroatoms. The lowest BCUT2D eigenvalue weighted by molar-refractivity contribution is -0.147. The number of aromatic nitrogens is 2. The van der Waals surface area contributed by atoms with Crippen LogP contribution in [0.3, 0.4) is 0 Å². The number of hydrogen-bond acceptors (Lipinski definition) is 4. The second-order valence-corrected chi connectivity index (χ2v) is 4.91. The molecule has 0 aromatic carbocycles. The van der Waals surface area contributed by atoms with Crippen LogP contribution in [0.15, 0.2) is 6.20 Å². The maximum absolute atomic E-state index is 11.5. The Hall–Kier alpha value is -1.07. The van der Waals surface area contributed by atoms with Gasteiger partial charge in [0.1, 0.15) is 5.54 Å². The van der Waals surface area contributed by atoms with Crippen molar-refractivity contribution in [2.24, 2.45) is 5.73 Å². The zero-order valence-corrected chi connectivity index (χ0v) is 11.3. The van der Waals surface area contributed by atoms with Crippen LogP contribution in [0.5, 0.6) is 0 Å². The van der Waals surface area contributed by atoms with Gasteiger partial charge in [0, 0.05) is 6.20 Å². The maximum Gasteiger partial charge on any atom is 0.325 e. The molecule has 2 N–H and O–H groups in total. The summed E-state index contributed by atoms with van der Waals surface area (Å²) < 4.78 is 6.38. The average Bonchev–Trinajstić information content (AvgIpc) is 2.57. The summed E-state index contributed by atoms with van der Waals surface area (Å²) in [7, 11) is 1.33. The first kappa shape index (κ1) is 14.0. The summed E-state index contributed by atoms with van der Waals surface area (Å²) in [6, 6.07) is -0.0321. The van der Waals surface area contributed by atoms with Crippen LogP contribution in [0, 0.1) is 6.92 Å². The number of ether oxygens (including phenoxy) is 1. The highest BCUT2D eigenvalue weighted by Gasteiger charge is 2.32. The van der Waals surface area contributed by atoms with Gasteiger partial charge in [0.05, 0.1) is 23.9 Å². The second-order valence-electron chi connectivity index (χ2n) is 4.50. The van der Waals surface area contributed by atoms with Gasteiger partial charge in [-0.15, -0.1) is 0 Å². The SMILES string of the molecule is COC(=O)C(C)(N)CC(C)n1cc(Cl)c(C)n1. The highest BCUT2D eigenvalue weighted by atomic mass is 35.5. The molecular weight excluding hydrogens is 242 g/mol. The third-order valence-electron chi connectivity index (χ3n) is 2.68. The van der Waals surface area contributed by atoms with Gasteiger partial charge in [0.2, 0.25) is 0 Å². The molecule has 0 saturated heterocycles. The first-order valence-corrected chi connectivity index (χ1v) is 5.74. The largest absolute Gasteiger partial charge is 0.468 e. The van der Waals surface area contributed by atoms with Crippen molar-refractivity contribution >= 4 is 17.6 Å². The van der Waals surface area contributed by atoms with E-state index in [9.17, 15) is 4.79 Å². The Morgan fingerprint density at radius 3 is 2.76 bits per heavy atom. The minimum atomic E-state index is -1.03. The van der Waals surface area contributed by atoms with Crippen LogP contribution in [-0.2, 0) is 9.53 Å². The number of rotatable bonds is 4. The first-order chi connectivity index (χ1) is 7.77. The van der Waals surface area contributed by atoms with Gasteiger partial charge < -0.3 is 10.5 Å². The van der Waals surface area contributed by atoms with Crippen molar-refractivity contribution in [3.63, 3.8) is 0 Å². The minimum absolute atomic E-state index is 0.0321. The topological polar surface area (TPSA) is 70.1 Å². The summed E-state index contributed by atoms with van der Waals surface area (Å²) in [4.78, 5) is 11.5. The molecule has 1 rings (SSSR count). The number of aryl methyl sites for hydroxylation is 1. The van der Waals surface area contributed by atoms with E-state index in [4.69, 9.17) is 17.3 Å². The van der Waals surface area contributed by atoms with E-state index in [1.54, 1.807) is 17.8 Å². The molecule has 96 valence electrons. The fourth-order valence-corrected chi connectivity index (χ4v) is 1.85. The van der Waals surface area contributed by atoms with Crippen LogP contribution in [0.25, 0.3) is 0 Å². The molecule has 0 aliphatic carbocycles. The Bertz CT molecular complexity index is 395. The van der Waals surface area contributed by atoms with Crippen molar-refractivity contribution in [3.8, 4) is 0 Å². The third-order valence-corrected chi connectivity index (χ3v) is 3.05. The van der Waals surface area contributed by atoms with Crippen LogP contribution in [-0.4, -0.2) is 28.4 Å². The van der Waals surface area contributed by atoms with E-state index in [1.165, 1.54) is 7.11 Å². The predicted octanol–water partition coefficient (Wildman–Crippen LogP) is 1.69. The molecule has 0 saturated carbocycles. The lowest BCUT2D eigenvalue weighted by atomic mass is 9.95. The summed E-state index contributed by atoms with van der Waals surface area (Å²) in [5.74, 6) is -0.431. The monoisotopic (exact) mass is 259 g/mol. The first-order valence-electron chi connectivity index (χ1n) is 5.36. The molecule has 2 atom stereocenters. The Labute approximate surface area is 106 Å². The zero-order valence-electron chi connectivity index (χ0n) is 10.5. The fraction of sp³-hybridized carbons (Fsp3) is 0.636. The minimum Gasteiger partial charge on any atom is -0.468 e. The highest BCUT2D eigenvalue weighted by molar-refractivity contribution is 6.31. The number of carbonyl (C=O) groups is 1. The Morgan fingerprint density at radius 2 is 2.35 bits per heavy atom. The Morgan fingerprint density at radius 1 is 1.76 bits per heavy atom. The van der Waals surface area contributed by atoms with E-state index in [0.717, 1.165) is 5.69 Å². The summed E-state index contributed by atoms with van der Waals surface area (Å²) >= 11 is 5.93. The van der Waals surface area contributed by atoms with E-state index in [-0.39, 0.29) is 6.04 Å². The van der Waals surface area contributed by atoms with Gasteiger partial charge in [-0.1, -0.05) is 11.6 Å². The van der Waals surface area contributed by atoms with Gasteiger partial charge in [-0.05, 0) is 27.2 Å². The normalized spacial score (nSPS) is 16.4. The van der Waals surface area contributed by atoms with Crippen LogP contribution >= 0.6 is 11.6 Å². The van der Waals surface area contributed by atoms with Crippen molar-refractivity contribution in [1.29, 1.82) is 0 Å². The van der Waals surface area contributed by atoms with Crippen LogP contribution in [0.4, 0.5) is 0 Å². The molecule has 5 nitrogen and oxygen atoms in total. The number of hydrogen-bond donors (Lipinski definition) is 1. The fourth-order valence-electron chi connectivity index (χ4n) is 1.71. The van der Waals surface area contributed by atoms with Crippen LogP contribution in [0.1, 0.15) is 32.0 Å². The molecule has 17 heavy (non-hydrogen) atoms. The van der Waals surface area contributed by atoms with Gasteiger partial charge in [0.15, 0.2) is 0 Å². The number of nitrogens with zero attached hydrogens (tertiary/aromatic N) is 2. The second kappa shape index (κ2) is 5.06. The zero-order chi connectivity index (χ0) is 13.2. The highest BCUT2D eigenvalue weighted by Crippen LogP contribution is 2.22. The van der Waals surface area contributed by atoms with E-state index in [1.807, 2.05) is 13.8 Å². The standard InChI is InChI=1S/C11H18ClN3O2/c1-7(5-11(3,13)10(16)17-4)15-6-9(12)8(2)14-15/h6-7H,5,13H2,1-4H3. The molecule has 0 fully saturated rings. The number of nitrogens with two attached hydrogens (primary N) is 1. The molecule has 0 radical (unpaired) electrons. The van der Waals surface area contributed by atoms with E-state index in [0.29, 0.717) is 11.4 Å². The maximum atomic E-state index is 11.5. The summed E-state index contributed by atoms with van der Waals surface area (Å²) in [6.07, 6.45) is 2.16. The molecular formula is C11H18ClN3O2. The molecule has 0 bridgehead atoms. The summed E-state index contributed by atoms with van der Waals surface area (Å²) in [6.45, 7) is 5.40. The van der Waals surface area contributed by atoms with E-state index in [2.05, 4.69) is 9.84 Å². The number of carbonyl (C=O) groups excluding carboxylic acids is 1. The predicted molar refractivity (Wildman–Crippen MR) is 65.9 cm³/mol. The molecule has 2 unspecified atom stereocenters. The van der Waals surface area contributed by atoms with Crippen molar-refractivity contribution in [3.05, 3.63) is 16.9 Å². The van der Waals surface area contributed by atoms with Gasteiger partial charge in [0.25, 0.3) is 0 Å².